The van der Waals surface area contributed by atoms with Crippen LogP contribution in [0.2, 0.25) is 0 Å². The molecule has 2 aliphatic rings. The second kappa shape index (κ2) is 3.78. The molecular weight excluding hydrogens is 224 g/mol. The normalized spacial score (nSPS) is 33.1. The zero-order valence-corrected chi connectivity index (χ0v) is 9.91. The fourth-order valence-electron chi connectivity index (χ4n) is 2.91. The van der Waals surface area contributed by atoms with Crippen LogP contribution >= 0.6 is 11.7 Å². The van der Waals surface area contributed by atoms with Crippen LogP contribution in [0.25, 0.3) is 0 Å². The fraction of sp³-hybridized carbons (Fsp3) is 0.700. The molecule has 0 spiro atoms. The molecule has 1 aromatic heterocycles. The summed E-state index contributed by atoms with van der Waals surface area (Å²) in [5.41, 5.74) is 0.490. The van der Waals surface area contributed by atoms with E-state index < -0.39 is 0 Å². The number of hydrogen-bond acceptors (Lipinski definition) is 5. The van der Waals surface area contributed by atoms with Crippen molar-refractivity contribution in [2.45, 2.75) is 25.4 Å². The van der Waals surface area contributed by atoms with Gasteiger partial charge in [-0.2, -0.15) is 8.75 Å². The van der Waals surface area contributed by atoms with Crippen LogP contribution in [0.5, 0.6) is 0 Å². The third kappa shape index (κ3) is 1.44. The molecule has 0 aromatic carbocycles. The smallest absolute Gasteiger partial charge is 0.275 e. The molecular formula is C10H14N4OS. The minimum atomic E-state index is 0.0393. The third-order valence-electron chi connectivity index (χ3n) is 3.60. The van der Waals surface area contributed by atoms with Gasteiger partial charge in [0.05, 0.1) is 17.9 Å². The van der Waals surface area contributed by atoms with E-state index in [-0.39, 0.29) is 5.91 Å². The number of fused-ring (bicyclic) bond motifs is 1. The predicted octanol–water partition coefficient (Wildman–Crippen LogP) is 0.360. The van der Waals surface area contributed by atoms with E-state index in [4.69, 9.17) is 0 Å². The van der Waals surface area contributed by atoms with Crippen LogP contribution in [0.4, 0.5) is 0 Å². The second-order valence-corrected chi connectivity index (χ2v) is 5.13. The van der Waals surface area contributed by atoms with Crippen LogP contribution in [-0.4, -0.2) is 44.7 Å². The summed E-state index contributed by atoms with van der Waals surface area (Å²) in [4.78, 5) is 14.3. The van der Waals surface area contributed by atoms with Gasteiger partial charge in [-0.1, -0.05) is 0 Å². The summed E-state index contributed by atoms with van der Waals surface area (Å²) in [5, 5.41) is 3.35. The van der Waals surface area contributed by atoms with Crippen LogP contribution in [0, 0.1) is 5.92 Å². The molecule has 3 unspecified atom stereocenters. The van der Waals surface area contributed by atoms with Crippen molar-refractivity contribution in [3.8, 4) is 0 Å². The van der Waals surface area contributed by atoms with Crippen LogP contribution in [0.3, 0.4) is 0 Å². The highest BCUT2D eigenvalue weighted by atomic mass is 32.1. The monoisotopic (exact) mass is 238 g/mol. The molecule has 2 saturated heterocycles. The number of carbonyl (C=O) groups excluding carboxylic acids is 1. The molecule has 6 heteroatoms. The molecule has 3 heterocycles. The summed E-state index contributed by atoms with van der Waals surface area (Å²) in [6.45, 7) is 4.07. The van der Waals surface area contributed by atoms with Gasteiger partial charge in [0.15, 0.2) is 5.69 Å². The second-order valence-electron chi connectivity index (χ2n) is 4.58. The lowest BCUT2D eigenvalue weighted by molar-refractivity contribution is 0.0677. The molecule has 5 nitrogen and oxygen atoms in total. The van der Waals surface area contributed by atoms with Gasteiger partial charge in [-0.3, -0.25) is 4.79 Å². The quantitative estimate of drug-likeness (QED) is 0.767. The van der Waals surface area contributed by atoms with E-state index >= 15 is 0 Å². The number of likely N-dealkylation sites (tertiary alicyclic amines) is 1. The van der Waals surface area contributed by atoms with Crippen molar-refractivity contribution >= 4 is 17.6 Å². The van der Waals surface area contributed by atoms with Gasteiger partial charge in [-0.25, -0.2) is 0 Å². The predicted molar refractivity (Wildman–Crippen MR) is 60.3 cm³/mol. The molecule has 3 atom stereocenters. The zero-order chi connectivity index (χ0) is 11.1. The van der Waals surface area contributed by atoms with Crippen molar-refractivity contribution < 1.29 is 4.79 Å². The number of hydrogen-bond donors (Lipinski definition) is 1. The van der Waals surface area contributed by atoms with Crippen molar-refractivity contribution in [1.29, 1.82) is 0 Å². The minimum Gasteiger partial charge on any atom is -0.330 e. The van der Waals surface area contributed by atoms with Crippen molar-refractivity contribution in [1.82, 2.24) is 19.0 Å². The van der Waals surface area contributed by atoms with E-state index in [9.17, 15) is 4.79 Å². The number of carbonyl (C=O) groups is 1. The summed E-state index contributed by atoms with van der Waals surface area (Å²) in [7, 11) is 0. The van der Waals surface area contributed by atoms with Gasteiger partial charge in [-0.15, -0.1) is 0 Å². The number of amides is 1. The third-order valence-corrected chi connectivity index (χ3v) is 4.07. The van der Waals surface area contributed by atoms with Gasteiger partial charge in [0.1, 0.15) is 0 Å². The van der Waals surface area contributed by atoms with Gasteiger partial charge < -0.3 is 10.2 Å². The van der Waals surface area contributed by atoms with E-state index in [1.165, 1.54) is 0 Å². The minimum absolute atomic E-state index is 0.0393. The topological polar surface area (TPSA) is 58.1 Å². The molecule has 1 N–H and O–H groups in total. The first-order chi connectivity index (χ1) is 7.77. The Morgan fingerprint density at radius 2 is 2.50 bits per heavy atom. The SMILES string of the molecule is CC1CC2CNCC2N1C(=O)c1cnsn1. The van der Waals surface area contributed by atoms with E-state index in [1.807, 2.05) is 4.90 Å². The Morgan fingerprint density at radius 3 is 3.25 bits per heavy atom. The van der Waals surface area contributed by atoms with Crippen molar-refractivity contribution in [3.63, 3.8) is 0 Å². The molecule has 0 radical (unpaired) electrons. The van der Waals surface area contributed by atoms with Crippen molar-refractivity contribution in [2.75, 3.05) is 13.1 Å². The summed E-state index contributed by atoms with van der Waals surface area (Å²) < 4.78 is 7.92. The molecule has 3 rings (SSSR count). The molecule has 86 valence electrons. The molecule has 0 saturated carbocycles. The van der Waals surface area contributed by atoms with Gasteiger partial charge in [0, 0.05) is 25.2 Å². The summed E-state index contributed by atoms with van der Waals surface area (Å²) >= 11 is 1.09. The molecule has 0 aliphatic carbocycles. The Bertz CT molecular complexity index is 394. The summed E-state index contributed by atoms with van der Waals surface area (Å²) in [6.07, 6.45) is 2.66. The first-order valence-corrected chi connectivity index (χ1v) is 6.31. The number of aromatic nitrogens is 2. The van der Waals surface area contributed by atoms with E-state index in [0.29, 0.717) is 23.7 Å². The van der Waals surface area contributed by atoms with E-state index in [2.05, 4.69) is 21.0 Å². The van der Waals surface area contributed by atoms with E-state index in [0.717, 1.165) is 31.2 Å². The average Bonchev–Trinajstić information content (AvgIpc) is 2.89. The Kier molecular flexibility index (Phi) is 2.40. The van der Waals surface area contributed by atoms with Gasteiger partial charge in [0.2, 0.25) is 0 Å². The Hall–Kier alpha value is -1.01. The van der Waals surface area contributed by atoms with Crippen LogP contribution in [0.15, 0.2) is 6.20 Å². The lowest BCUT2D eigenvalue weighted by atomic mass is 10.0. The Labute approximate surface area is 98.2 Å². The van der Waals surface area contributed by atoms with Crippen LogP contribution < -0.4 is 5.32 Å². The van der Waals surface area contributed by atoms with E-state index in [1.54, 1.807) is 6.20 Å². The van der Waals surface area contributed by atoms with Gasteiger partial charge in [-0.05, 0) is 19.3 Å². The van der Waals surface area contributed by atoms with Crippen LogP contribution in [0.1, 0.15) is 23.8 Å². The molecule has 2 aliphatic heterocycles. The first-order valence-electron chi connectivity index (χ1n) is 5.58. The lowest BCUT2D eigenvalue weighted by Gasteiger charge is -2.26. The fourth-order valence-corrected chi connectivity index (χ4v) is 3.31. The highest BCUT2D eigenvalue weighted by molar-refractivity contribution is 6.99. The maximum absolute atomic E-state index is 12.3. The zero-order valence-electron chi connectivity index (χ0n) is 9.09. The summed E-state index contributed by atoms with van der Waals surface area (Å²) in [6, 6.07) is 0.676. The largest absolute Gasteiger partial charge is 0.330 e. The maximum Gasteiger partial charge on any atom is 0.275 e. The standard InChI is InChI=1S/C10H14N4OS/c1-6-2-7-3-11-5-9(7)14(6)10(15)8-4-12-16-13-8/h4,6-7,9,11H,2-3,5H2,1H3. The Balaban J connectivity index is 1.86. The molecule has 0 bridgehead atoms. The van der Waals surface area contributed by atoms with Gasteiger partial charge >= 0.3 is 0 Å². The maximum atomic E-state index is 12.3. The highest BCUT2D eigenvalue weighted by Crippen LogP contribution is 2.33. The lowest BCUT2D eigenvalue weighted by Crippen LogP contribution is -2.42. The first kappa shape index (κ1) is 10.2. The number of rotatable bonds is 1. The van der Waals surface area contributed by atoms with Gasteiger partial charge in [0.25, 0.3) is 5.91 Å². The molecule has 2 fully saturated rings. The number of nitrogens with zero attached hydrogens (tertiary/aromatic N) is 3. The molecule has 16 heavy (non-hydrogen) atoms. The summed E-state index contributed by atoms with van der Waals surface area (Å²) in [5.74, 6) is 0.656. The molecule has 1 amide bonds. The van der Waals surface area contributed by atoms with Crippen LogP contribution in [-0.2, 0) is 0 Å². The van der Waals surface area contributed by atoms with Crippen molar-refractivity contribution in [2.24, 2.45) is 5.92 Å². The average molecular weight is 238 g/mol. The Morgan fingerprint density at radius 1 is 1.62 bits per heavy atom. The highest BCUT2D eigenvalue weighted by Gasteiger charge is 2.44. The number of nitrogens with one attached hydrogen (secondary N) is 1. The molecule has 1 aromatic rings. The van der Waals surface area contributed by atoms with Crippen molar-refractivity contribution in [3.05, 3.63) is 11.9 Å².